The van der Waals surface area contributed by atoms with Crippen LogP contribution in [0.25, 0.3) is 0 Å². The first-order chi connectivity index (χ1) is 7.10. The van der Waals surface area contributed by atoms with Gasteiger partial charge in [-0.05, 0) is 31.4 Å². The molecule has 0 saturated carbocycles. The Kier molecular flexibility index (Phi) is 4.53. The van der Waals surface area contributed by atoms with E-state index in [1.54, 1.807) is 0 Å². The van der Waals surface area contributed by atoms with Crippen LogP contribution in [0.15, 0.2) is 0 Å². The van der Waals surface area contributed by atoms with E-state index in [0.717, 1.165) is 29.9 Å². The van der Waals surface area contributed by atoms with Gasteiger partial charge in [0.1, 0.15) is 0 Å². The van der Waals surface area contributed by atoms with Crippen LogP contribution in [0.4, 0.5) is 0 Å². The van der Waals surface area contributed by atoms with Crippen molar-refractivity contribution in [1.29, 1.82) is 0 Å². The van der Waals surface area contributed by atoms with E-state index >= 15 is 0 Å². The molecular weight excluding hydrogens is 228 g/mol. The third kappa shape index (κ3) is 2.92. The summed E-state index contributed by atoms with van der Waals surface area (Å²) in [5, 5.41) is 7.65. The minimum atomic E-state index is 0.394. The fourth-order valence-corrected chi connectivity index (χ4v) is 2.18. The molecule has 1 aliphatic heterocycles. The Morgan fingerprint density at radius 1 is 1.13 bits per heavy atom. The molecule has 1 heterocycles. The van der Waals surface area contributed by atoms with Crippen LogP contribution in [0.2, 0.25) is 0 Å². The summed E-state index contributed by atoms with van der Waals surface area (Å²) in [5.74, 6) is 0. The van der Waals surface area contributed by atoms with Gasteiger partial charge in [-0.15, -0.1) is 0 Å². The van der Waals surface area contributed by atoms with E-state index in [-0.39, 0.29) is 0 Å². The number of hydrogen-bond donors (Lipinski definition) is 2. The average Bonchev–Trinajstić information content (AvgIpc) is 2.26. The summed E-state index contributed by atoms with van der Waals surface area (Å²) >= 11 is 10.4. The zero-order chi connectivity index (χ0) is 11.4. The van der Waals surface area contributed by atoms with Gasteiger partial charge in [-0.2, -0.15) is 0 Å². The molecule has 6 heteroatoms. The van der Waals surface area contributed by atoms with Crippen molar-refractivity contribution in [2.75, 3.05) is 33.7 Å². The maximum atomic E-state index is 5.23. The lowest BCUT2D eigenvalue weighted by Gasteiger charge is -2.41. The van der Waals surface area contributed by atoms with Crippen molar-refractivity contribution >= 4 is 34.7 Å². The van der Waals surface area contributed by atoms with Gasteiger partial charge in [0.2, 0.25) is 0 Å². The van der Waals surface area contributed by atoms with Crippen LogP contribution in [-0.4, -0.2) is 59.8 Å². The molecule has 0 spiro atoms. The molecule has 0 radical (unpaired) electrons. The van der Waals surface area contributed by atoms with Gasteiger partial charge in [-0.1, -0.05) is 0 Å². The van der Waals surface area contributed by atoms with Gasteiger partial charge in [0, 0.05) is 39.8 Å². The lowest BCUT2D eigenvalue weighted by molar-refractivity contribution is 0.194. The molecular formula is C9H18N4S2. The maximum absolute atomic E-state index is 5.23. The molecule has 1 rings (SSSR count). The highest BCUT2D eigenvalue weighted by Gasteiger charge is 2.25. The molecule has 1 saturated heterocycles. The molecule has 1 aliphatic rings. The van der Waals surface area contributed by atoms with Crippen molar-refractivity contribution in [1.82, 2.24) is 20.4 Å². The molecule has 1 atom stereocenters. The Morgan fingerprint density at radius 3 is 2.20 bits per heavy atom. The largest absolute Gasteiger partial charge is 0.366 e. The first-order valence-corrected chi connectivity index (χ1v) is 5.86. The van der Waals surface area contributed by atoms with E-state index in [0.29, 0.717) is 6.04 Å². The smallest absolute Gasteiger partial charge is 0.169 e. The molecule has 86 valence electrons. The Balaban J connectivity index is 2.55. The molecule has 15 heavy (non-hydrogen) atoms. The third-order valence-corrected chi connectivity index (χ3v) is 3.50. The molecule has 0 aromatic carbocycles. The quantitative estimate of drug-likeness (QED) is 0.585. The van der Waals surface area contributed by atoms with Gasteiger partial charge >= 0.3 is 0 Å². The standard InChI is InChI=1S/C9H18N4S2/c1-7-6-12(8(14)10-2)4-5-13(7)9(15)11-3/h7H,4-6H2,1-3H3,(H,10,14)(H,11,15). The number of thiocarbonyl (C=S) groups is 2. The second kappa shape index (κ2) is 5.46. The number of nitrogens with one attached hydrogen (secondary N) is 2. The molecule has 0 aromatic heterocycles. The third-order valence-electron chi connectivity index (χ3n) is 2.60. The van der Waals surface area contributed by atoms with Crippen molar-refractivity contribution in [3.05, 3.63) is 0 Å². The zero-order valence-electron chi connectivity index (χ0n) is 9.41. The van der Waals surface area contributed by atoms with Crippen LogP contribution in [0, 0.1) is 0 Å². The Morgan fingerprint density at radius 2 is 1.73 bits per heavy atom. The van der Waals surface area contributed by atoms with E-state index in [9.17, 15) is 0 Å². The zero-order valence-corrected chi connectivity index (χ0v) is 11.0. The van der Waals surface area contributed by atoms with Crippen LogP contribution in [0.3, 0.4) is 0 Å². The molecule has 0 aromatic rings. The van der Waals surface area contributed by atoms with Gasteiger partial charge in [0.15, 0.2) is 10.2 Å². The fourth-order valence-electron chi connectivity index (χ4n) is 1.75. The summed E-state index contributed by atoms with van der Waals surface area (Å²) < 4.78 is 0. The summed E-state index contributed by atoms with van der Waals surface area (Å²) in [6.45, 7) is 4.92. The normalized spacial score (nSPS) is 21.1. The van der Waals surface area contributed by atoms with Crippen molar-refractivity contribution in [2.45, 2.75) is 13.0 Å². The van der Waals surface area contributed by atoms with Gasteiger partial charge < -0.3 is 20.4 Å². The van der Waals surface area contributed by atoms with E-state index in [1.165, 1.54) is 0 Å². The topological polar surface area (TPSA) is 30.5 Å². The first kappa shape index (κ1) is 12.4. The summed E-state index contributed by atoms with van der Waals surface area (Å²) in [6.07, 6.45) is 0. The lowest BCUT2D eigenvalue weighted by atomic mass is 10.2. The minimum absolute atomic E-state index is 0.394. The van der Waals surface area contributed by atoms with Gasteiger partial charge in [-0.3, -0.25) is 0 Å². The Bertz CT molecular complexity index is 256. The number of hydrogen-bond acceptors (Lipinski definition) is 2. The van der Waals surface area contributed by atoms with Crippen molar-refractivity contribution in [3.63, 3.8) is 0 Å². The molecule has 1 fully saturated rings. The van der Waals surface area contributed by atoms with Crippen molar-refractivity contribution in [3.8, 4) is 0 Å². The summed E-state index contributed by atoms with van der Waals surface area (Å²) in [7, 11) is 3.72. The maximum Gasteiger partial charge on any atom is 0.169 e. The van der Waals surface area contributed by atoms with E-state index in [4.69, 9.17) is 24.4 Å². The highest BCUT2D eigenvalue weighted by molar-refractivity contribution is 7.80. The summed E-state index contributed by atoms with van der Waals surface area (Å²) in [6, 6.07) is 0.394. The lowest BCUT2D eigenvalue weighted by Crippen LogP contribution is -2.58. The second-order valence-corrected chi connectivity index (χ2v) is 4.37. The van der Waals surface area contributed by atoms with Crippen LogP contribution < -0.4 is 10.6 Å². The monoisotopic (exact) mass is 246 g/mol. The van der Waals surface area contributed by atoms with E-state index in [2.05, 4.69) is 27.4 Å². The van der Waals surface area contributed by atoms with E-state index < -0.39 is 0 Å². The molecule has 4 nitrogen and oxygen atoms in total. The summed E-state index contributed by atoms with van der Waals surface area (Å²) in [4.78, 5) is 4.37. The SMILES string of the molecule is CNC(=S)N1CCN(C(=S)NC)C(C)C1. The van der Waals surface area contributed by atoms with Crippen molar-refractivity contribution in [2.24, 2.45) is 0 Å². The Hall–Kier alpha value is -0.620. The van der Waals surface area contributed by atoms with Crippen LogP contribution in [0.5, 0.6) is 0 Å². The number of piperazine rings is 1. The van der Waals surface area contributed by atoms with Gasteiger partial charge in [0.05, 0.1) is 0 Å². The Labute approximate surface area is 102 Å². The highest BCUT2D eigenvalue weighted by atomic mass is 32.1. The number of rotatable bonds is 0. The predicted octanol–water partition coefficient (Wildman–Crippen LogP) is 0.00110. The fraction of sp³-hybridized carbons (Fsp3) is 0.778. The predicted molar refractivity (Wildman–Crippen MR) is 71.1 cm³/mol. The molecule has 1 unspecified atom stereocenters. The van der Waals surface area contributed by atoms with Gasteiger partial charge in [0.25, 0.3) is 0 Å². The summed E-state index contributed by atoms with van der Waals surface area (Å²) in [5.41, 5.74) is 0. The van der Waals surface area contributed by atoms with Crippen molar-refractivity contribution < 1.29 is 0 Å². The minimum Gasteiger partial charge on any atom is -0.366 e. The first-order valence-electron chi connectivity index (χ1n) is 5.05. The van der Waals surface area contributed by atoms with Crippen LogP contribution in [0.1, 0.15) is 6.92 Å². The molecule has 2 N–H and O–H groups in total. The van der Waals surface area contributed by atoms with Gasteiger partial charge in [-0.25, -0.2) is 0 Å². The average molecular weight is 246 g/mol. The molecule has 0 bridgehead atoms. The molecule has 0 aliphatic carbocycles. The van der Waals surface area contributed by atoms with Crippen LogP contribution >= 0.6 is 24.4 Å². The number of nitrogens with zero attached hydrogens (tertiary/aromatic N) is 2. The van der Waals surface area contributed by atoms with E-state index in [1.807, 2.05) is 14.1 Å². The van der Waals surface area contributed by atoms with Crippen LogP contribution in [-0.2, 0) is 0 Å². The highest BCUT2D eigenvalue weighted by Crippen LogP contribution is 2.09. The second-order valence-electron chi connectivity index (χ2n) is 3.60. The molecule has 0 amide bonds.